The van der Waals surface area contributed by atoms with Crippen molar-refractivity contribution in [1.82, 2.24) is 14.1 Å². The largest absolute Gasteiger partial charge is 0.466 e. The molecular weight excluding hydrogens is 403 g/mol. The summed E-state index contributed by atoms with van der Waals surface area (Å²) in [4.78, 5) is 38.3. The summed E-state index contributed by atoms with van der Waals surface area (Å²) >= 11 is 0. The van der Waals surface area contributed by atoms with Crippen molar-refractivity contribution in [2.45, 2.75) is 39.9 Å². The molecule has 1 aromatic carbocycles. The Balaban J connectivity index is 2.32. The zero-order valence-corrected chi connectivity index (χ0v) is 16.6. The molecule has 0 radical (unpaired) electrons. The molecule has 10 heteroatoms. The number of carbonyl (C=O) groups is 1. The molecule has 160 valence electrons. The van der Waals surface area contributed by atoms with Gasteiger partial charge in [-0.25, -0.2) is 0 Å². The summed E-state index contributed by atoms with van der Waals surface area (Å²) in [6.07, 6.45) is -4.90. The number of esters is 1. The van der Waals surface area contributed by atoms with E-state index in [1.54, 1.807) is 32.9 Å². The molecule has 3 rings (SSSR count). The van der Waals surface area contributed by atoms with Crippen molar-refractivity contribution in [3.05, 3.63) is 61.9 Å². The normalized spacial score (nSPS) is 11.8. The first-order valence-electron chi connectivity index (χ1n) is 9.23. The van der Waals surface area contributed by atoms with Crippen molar-refractivity contribution in [3.8, 4) is 5.69 Å². The molecule has 0 saturated heterocycles. The monoisotopic (exact) mass is 423 g/mol. The fourth-order valence-electron chi connectivity index (χ4n) is 3.43. The number of hydrogen-bond donors (Lipinski definition) is 1. The average Bonchev–Trinajstić information content (AvgIpc) is 2.99. The number of aromatic amines is 1. The molecule has 0 unspecified atom stereocenters. The minimum absolute atomic E-state index is 0.0828. The fraction of sp³-hybridized carbons (Fsp3) is 0.350. The van der Waals surface area contributed by atoms with Crippen LogP contribution in [0.1, 0.15) is 30.3 Å². The third-order valence-electron chi connectivity index (χ3n) is 4.75. The van der Waals surface area contributed by atoms with Crippen LogP contribution >= 0.6 is 0 Å². The number of halogens is 3. The van der Waals surface area contributed by atoms with Crippen LogP contribution in [0.4, 0.5) is 13.2 Å². The van der Waals surface area contributed by atoms with Gasteiger partial charge in [0, 0.05) is 17.9 Å². The summed E-state index contributed by atoms with van der Waals surface area (Å²) in [5.74, 6) is -0.581. The van der Waals surface area contributed by atoms with Gasteiger partial charge in [-0.15, -0.1) is 0 Å². The highest BCUT2D eigenvalue weighted by Gasteiger charge is 2.35. The molecule has 0 amide bonds. The number of nitrogens with one attached hydrogen (secondary N) is 1. The van der Waals surface area contributed by atoms with E-state index in [2.05, 4.69) is 4.98 Å². The molecule has 0 bridgehead atoms. The molecule has 3 aromatic rings. The van der Waals surface area contributed by atoms with Gasteiger partial charge in [0.1, 0.15) is 0 Å². The van der Waals surface area contributed by atoms with Crippen LogP contribution in [0, 0.1) is 13.8 Å². The first-order chi connectivity index (χ1) is 14.0. The summed E-state index contributed by atoms with van der Waals surface area (Å²) < 4.78 is 48.7. The van der Waals surface area contributed by atoms with Crippen LogP contribution in [0.5, 0.6) is 0 Å². The van der Waals surface area contributed by atoms with Gasteiger partial charge in [0.05, 0.1) is 35.3 Å². The number of H-pyrrole nitrogens is 1. The van der Waals surface area contributed by atoms with E-state index in [-0.39, 0.29) is 36.3 Å². The van der Waals surface area contributed by atoms with Crippen LogP contribution in [-0.4, -0.2) is 26.7 Å². The molecule has 2 heterocycles. The molecule has 0 aliphatic carbocycles. The Morgan fingerprint density at radius 3 is 2.33 bits per heavy atom. The highest BCUT2D eigenvalue weighted by atomic mass is 19.4. The molecule has 0 spiro atoms. The van der Waals surface area contributed by atoms with Crippen LogP contribution in [-0.2, 0) is 22.3 Å². The molecule has 30 heavy (non-hydrogen) atoms. The smallest absolute Gasteiger partial charge is 0.418 e. The molecule has 7 nitrogen and oxygen atoms in total. The van der Waals surface area contributed by atoms with Gasteiger partial charge in [-0.3, -0.25) is 14.4 Å². The van der Waals surface area contributed by atoms with Crippen molar-refractivity contribution < 1.29 is 22.7 Å². The maximum atomic E-state index is 13.8. The lowest BCUT2D eigenvalue weighted by Crippen LogP contribution is -2.37. The van der Waals surface area contributed by atoms with Gasteiger partial charge in [-0.2, -0.15) is 13.2 Å². The van der Waals surface area contributed by atoms with Crippen molar-refractivity contribution >= 4 is 17.0 Å². The van der Waals surface area contributed by atoms with Gasteiger partial charge >= 0.3 is 23.3 Å². The van der Waals surface area contributed by atoms with Crippen LogP contribution in [0.3, 0.4) is 0 Å². The van der Waals surface area contributed by atoms with Crippen LogP contribution < -0.4 is 11.1 Å². The van der Waals surface area contributed by atoms with Crippen molar-refractivity contribution in [2.75, 3.05) is 6.61 Å². The highest BCUT2D eigenvalue weighted by Crippen LogP contribution is 2.37. The van der Waals surface area contributed by atoms with Gasteiger partial charge in [0.2, 0.25) is 0 Å². The molecule has 0 atom stereocenters. The minimum atomic E-state index is -4.70. The number of fused-ring (bicyclic) bond motifs is 1. The quantitative estimate of drug-likeness (QED) is 0.505. The van der Waals surface area contributed by atoms with Gasteiger partial charge in [-0.1, -0.05) is 0 Å². The molecule has 2 aromatic heterocycles. The second-order valence-electron chi connectivity index (χ2n) is 6.80. The third kappa shape index (κ3) is 3.89. The number of aryl methyl sites for hydroxylation is 3. The number of carbonyl (C=O) groups excluding carboxylic acids is 1. The highest BCUT2D eigenvalue weighted by molar-refractivity contribution is 5.80. The van der Waals surface area contributed by atoms with Crippen LogP contribution in [0.25, 0.3) is 16.7 Å². The zero-order chi connectivity index (χ0) is 22.2. The van der Waals surface area contributed by atoms with E-state index in [0.717, 1.165) is 10.6 Å². The van der Waals surface area contributed by atoms with Crippen LogP contribution in [0.2, 0.25) is 0 Å². The van der Waals surface area contributed by atoms with Gasteiger partial charge < -0.3 is 18.9 Å². The second kappa shape index (κ2) is 7.85. The summed E-state index contributed by atoms with van der Waals surface area (Å²) in [6, 6.07) is 5.38. The lowest BCUT2D eigenvalue weighted by Gasteiger charge is -2.19. The maximum absolute atomic E-state index is 13.8. The third-order valence-corrected chi connectivity index (χ3v) is 4.75. The number of rotatable bonds is 5. The Morgan fingerprint density at radius 2 is 1.77 bits per heavy atom. The number of benzene rings is 1. The van der Waals surface area contributed by atoms with E-state index < -0.39 is 28.8 Å². The van der Waals surface area contributed by atoms with Crippen LogP contribution in [0.15, 0.2) is 33.9 Å². The summed E-state index contributed by atoms with van der Waals surface area (Å²) in [7, 11) is 0. The Bertz CT molecular complexity index is 1220. The van der Waals surface area contributed by atoms with Gasteiger partial charge in [0.25, 0.3) is 0 Å². The lowest BCUT2D eigenvalue weighted by atomic mass is 10.1. The number of alkyl halides is 3. The van der Waals surface area contributed by atoms with Crippen molar-refractivity contribution in [3.63, 3.8) is 0 Å². The van der Waals surface area contributed by atoms with E-state index in [1.165, 1.54) is 10.6 Å². The minimum Gasteiger partial charge on any atom is -0.466 e. The topological polar surface area (TPSA) is 86.1 Å². The van der Waals surface area contributed by atoms with Crippen molar-refractivity contribution in [2.24, 2.45) is 0 Å². The number of hydrogen-bond acceptors (Lipinski definition) is 4. The lowest BCUT2D eigenvalue weighted by molar-refractivity contribution is -0.143. The average molecular weight is 423 g/mol. The summed E-state index contributed by atoms with van der Waals surface area (Å²) in [6.45, 7) is 4.90. The molecule has 0 saturated carbocycles. The summed E-state index contributed by atoms with van der Waals surface area (Å²) in [5.41, 5.74) is -2.08. The second-order valence-corrected chi connectivity index (χ2v) is 6.80. The first kappa shape index (κ1) is 21.4. The van der Waals surface area contributed by atoms with E-state index in [0.29, 0.717) is 11.4 Å². The predicted molar refractivity (Wildman–Crippen MR) is 104 cm³/mol. The standard InChI is InChI=1S/C20H20F3N3O4/c1-4-30-17(27)7-8-25-16-10-15(26-11(2)5-6-12(26)3)13(20(21,22)23)9-14(16)24-18(28)19(25)29/h5-6,9-10H,4,7-8H2,1-3H3,(H,24,28). The Labute approximate surface area is 168 Å². The number of ether oxygens (including phenoxy) is 1. The molecule has 0 aliphatic rings. The summed E-state index contributed by atoms with van der Waals surface area (Å²) in [5, 5.41) is 0. The zero-order valence-electron chi connectivity index (χ0n) is 16.6. The molecule has 0 aliphatic heterocycles. The van der Waals surface area contributed by atoms with Crippen molar-refractivity contribution in [1.29, 1.82) is 0 Å². The number of nitrogens with zero attached hydrogens (tertiary/aromatic N) is 2. The molecule has 0 fully saturated rings. The Morgan fingerprint density at radius 1 is 1.13 bits per heavy atom. The predicted octanol–water partition coefficient (Wildman–Crippen LogP) is 3.07. The van der Waals surface area contributed by atoms with E-state index >= 15 is 0 Å². The van der Waals surface area contributed by atoms with Gasteiger partial charge in [0.15, 0.2) is 0 Å². The number of aromatic nitrogens is 3. The fourth-order valence-corrected chi connectivity index (χ4v) is 3.43. The molecule has 1 N–H and O–H groups in total. The Hall–Kier alpha value is -3.30. The molecular formula is C20H20F3N3O4. The maximum Gasteiger partial charge on any atom is 0.418 e. The van der Waals surface area contributed by atoms with E-state index in [9.17, 15) is 27.6 Å². The van der Waals surface area contributed by atoms with Gasteiger partial charge in [-0.05, 0) is 45.0 Å². The van der Waals surface area contributed by atoms with E-state index in [1.807, 2.05) is 0 Å². The SMILES string of the molecule is CCOC(=O)CCn1c(=O)c(=O)[nH]c2cc(C(F)(F)F)c(-n3c(C)ccc3C)cc21. The first-order valence-corrected chi connectivity index (χ1v) is 9.23. The van der Waals surface area contributed by atoms with E-state index in [4.69, 9.17) is 4.74 Å². The Kier molecular flexibility index (Phi) is 5.60.